The van der Waals surface area contributed by atoms with Crippen molar-refractivity contribution in [3.05, 3.63) is 42.0 Å². The standard InChI is InChI=1S/C16H22N2O2/c1-20-15(12-17)11-16(19)18-9-7-14(8-10-18)13-5-3-2-4-6-13/h2-7,15H,8-12,17H2,1H3. The zero-order chi connectivity index (χ0) is 14.4. The van der Waals surface area contributed by atoms with Gasteiger partial charge in [0.15, 0.2) is 0 Å². The summed E-state index contributed by atoms with van der Waals surface area (Å²) in [5.41, 5.74) is 8.11. The summed E-state index contributed by atoms with van der Waals surface area (Å²) >= 11 is 0. The van der Waals surface area contributed by atoms with E-state index < -0.39 is 0 Å². The first-order valence-corrected chi connectivity index (χ1v) is 6.99. The minimum Gasteiger partial charge on any atom is -0.380 e. The Morgan fingerprint density at radius 3 is 2.70 bits per heavy atom. The maximum atomic E-state index is 12.1. The van der Waals surface area contributed by atoms with Gasteiger partial charge in [0.2, 0.25) is 5.91 Å². The topological polar surface area (TPSA) is 55.6 Å². The molecule has 0 fully saturated rings. The van der Waals surface area contributed by atoms with Crippen molar-refractivity contribution in [2.45, 2.75) is 18.9 Å². The third kappa shape index (κ3) is 3.68. The Balaban J connectivity index is 1.93. The van der Waals surface area contributed by atoms with Gasteiger partial charge in [0, 0.05) is 26.7 Å². The van der Waals surface area contributed by atoms with Crippen molar-refractivity contribution in [3.63, 3.8) is 0 Å². The van der Waals surface area contributed by atoms with Gasteiger partial charge in [-0.3, -0.25) is 4.79 Å². The molecule has 1 unspecified atom stereocenters. The molecule has 1 aliphatic heterocycles. The van der Waals surface area contributed by atoms with E-state index in [1.165, 1.54) is 11.1 Å². The number of nitrogens with zero attached hydrogens (tertiary/aromatic N) is 1. The number of benzene rings is 1. The van der Waals surface area contributed by atoms with Crippen LogP contribution in [-0.4, -0.2) is 43.7 Å². The van der Waals surface area contributed by atoms with Gasteiger partial charge in [0.05, 0.1) is 12.5 Å². The quantitative estimate of drug-likeness (QED) is 0.888. The lowest BCUT2D eigenvalue weighted by Gasteiger charge is -2.28. The van der Waals surface area contributed by atoms with E-state index in [0.29, 0.717) is 19.5 Å². The summed E-state index contributed by atoms with van der Waals surface area (Å²) in [6.45, 7) is 1.81. The molecular weight excluding hydrogens is 252 g/mol. The van der Waals surface area contributed by atoms with Crippen LogP contribution >= 0.6 is 0 Å². The summed E-state index contributed by atoms with van der Waals surface area (Å²) in [5, 5.41) is 0. The summed E-state index contributed by atoms with van der Waals surface area (Å²) in [7, 11) is 1.59. The zero-order valence-corrected chi connectivity index (χ0v) is 11.9. The lowest BCUT2D eigenvalue weighted by Crippen LogP contribution is -2.38. The first-order valence-electron chi connectivity index (χ1n) is 6.99. The van der Waals surface area contributed by atoms with E-state index in [2.05, 4.69) is 18.2 Å². The Labute approximate surface area is 120 Å². The molecule has 0 radical (unpaired) electrons. The highest BCUT2D eigenvalue weighted by Crippen LogP contribution is 2.22. The maximum Gasteiger partial charge on any atom is 0.225 e. The Kier molecular flexibility index (Phi) is 5.32. The van der Waals surface area contributed by atoms with Crippen LogP contribution in [-0.2, 0) is 9.53 Å². The van der Waals surface area contributed by atoms with Gasteiger partial charge in [-0.05, 0) is 17.6 Å². The van der Waals surface area contributed by atoms with Gasteiger partial charge in [-0.2, -0.15) is 0 Å². The number of amides is 1. The van der Waals surface area contributed by atoms with E-state index in [-0.39, 0.29) is 12.0 Å². The van der Waals surface area contributed by atoms with Crippen LogP contribution in [0.2, 0.25) is 0 Å². The van der Waals surface area contributed by atoms with E-state index in [9.17, 15) is 4.79 Å². The van der Waals surface area contributed by atoms with Crippen molar-refractivity contribution < 1.29 is 9.53 Å². The van der Waals surface area contributed by atoms with Gasteiger partial charge in [-0.15, -0.1) is 0 Å². The number of methoxy groups -OCH3 is 1. The number of hydrogen-bond acceptors (Lipinski definition) is 3. The minimum atomic E-state index is -0.179. The summed E-state index contributed by atoms with van der Waals surface area (Å²) in [6.07, 6.45) is 3.22. The number of ether oxygens (including phenoxy) is 1. The van der Waals surface area contributed by atoms with Crippen molar-refractivity contribution in [1.29, 1.82) is 0 Å². The molecular formula is C16H22N2O2. The molecule has 1 aromatic carbocycles. The summed E-state index contributed by atoms with van der Waals surface area (Å²) in [5.74, 6) is 0.116. The molecule has 0 aliphatic carbocycles. The smallest absolute Gasteiger partial charge is 0.225 e. The van der Waals surface area contributed by atoms with Gasteiger partial charge in [-0.25, -0.2) is 0 Å². The Bertz CT molecular complexity index is 467. The lowest BCUT2D eigenvalue weighted by molar-refractivity contribution is -0.133. The molecule has 20 heavy (non-hydrogen) atoms. The zero-order valence-electron chi connectivity index (χ0n) is 11.9. The van der Waals surface area contributed by atoms with Crippen LogP contribution < -0.4 is 5.73 Å². The first kappa shape index (κ1) is 14.8. The molecule has 2 rings (SSSR count). The molecule has 0 spiro atoms. The van der Waals surface area contributed by atoms with Crippen molar-refractivity contribution in [2.75, 3.05) is 26.7 Å². The van der Waals surface area contributed by atoms with E-state index in [0.717, 1.165) is 13.0 Å². The molecule has 0 bridgehead atoms. The van der Waals surface area contributed by atoms with Crippen LogP contribution in [0.15, 0.2) is 36.4 Å². The SMILES string of the molecule is COC(CN)CC(=O)N1CC=C(c2ccccc2)CC1. The average molecular weight is 274 g/mol. The molecule has 1 atom stereocenters. The number of carbonyl (C=O) groups excluding carboxylic acids is 1. The molecule has 0 aromatic heterocycles. The van der Waals surface area contributed by atoms with Crippen molar-refractivity contribution >= 4 is 11.5 Å². The Morgan fingerprint density at radius 1 is 1.40 bits per heavy atom. The van der Waals surface area contributed by atoms with Gasteiger partial charge in [0.25, 0.3) is 0 Å². The second kappa shape index (κ2) is 7.22. The highest BCUT2D eigenvalue weighted by Gasteiger charge is 2.20. The van der Waals surface area contributed by atoms with Crippen LogP contribution in [0, 0.1) is 0 Å². The number of nitrogens with two attached hydrogens (primary N) is 1. The monoisotopic (exact) mass is 274 g/mol. The van der Waals surface area contributed by atoms with Gasteiger partial charge < -0.3 is 15.4 Å². The molecule has 2 N–H and O–H groups in total. The number of rotatable bonds is 5. The van der Waals surface area contributed by atoms with Crippen LogP contribution in [0.1, 0.15) is 18.4 Å². The molecule has 0 saturated heterocycles. The average Bonchev–Trinajstić information content (AvgIpc) is 2.53. The number of hydrogen-bond donors (Lipinski definition) is 1. The molecule has 4 nitrogen and oxygen atoms in total. The van der Waals surface area contributed by atoms with Gasteiger partial charge >= 0.3 is 0 Å². The molecule has 1 heterocycles. The van der Waals surface area contributed by atoms with Crippen LogP contribution in [0.25, 0.3) is 5.57 Å². The molecule has 1 amide bonds. The molecule has 0 saturated carbocycles. The van der Waals surface area contributed by atoms with E-state index in [1.54, 1.807) is 7.11 Å². The third-order valence-corrected chi connectivity index (χ3v) is 3.70. The van der Waals surface area contributed by atoms with Crippen LogP contribution in [0.4, 0.5) is 0 Å². The molecule has 1 aliphatic rings. The maximum absolute atomic E-state index is 12.1. The summed E-state index contributed by atoms with van der Waals surface area (Å²) in [4.78, 5) is 14.0. The van der Waals surface area contributed by atoms with Crippen molar-refractivity contribution in [2.24, 2.45) is 5.73 Å². The number of carbonyl (C=O) groups is 1. The largest absolute Gasteiger partial charge is 0.380 e. The minimum absolute atomic E-state index is 0.116. The Hall–Kier alpha value is -1.65. The third-order valence-electron chi connectivity index (χ3n) is 3.70. The normalized spacial score (nSPS) is 16.7. The second-order valence-electron chi connectivity index (χ2n) is 4.98. The molecule has 1 aromatic rings. The van der Waals surface area contributed by atoms with Gasteiger partial charge in [-0.1, -0.05) is 36.4 Å². The lowest BCUT2D eigenvalue weighted by atomic mass is 9.99. The fraction of sp³-hybridized carbons (Fsp3) is 0.438. The Morgan fingerprint density at radius 2 is 2.15 bits per heavy atom. The van der Waals surface area contributed by atoms with E-state index >= 15 is 0 Å². The van der Waals surface area contributed by atoms with Crippen LogP contribution in [0.3, 0.4) is 0 Å². The summed E-state index contributed by atoms with van der Waals surface area (Å²) in [6, 6.07) is 10.3. The predicted octanol–water partition coefficient (Wildman–Crippen LogP) is 1.67. The van der Waals surface area contributed by atoms with Crippen LogP contribution in [0.5, 0.6) is 0 Å². The first-order chi connectivity index (χ1) is 9.74. The molecule has 108 valence electrons. The molecule has 4 heteroatoms. The van der Waals surface area contributed by atoms with Crippen molar-refractivity contribution in [3.8, 4) is 0 Å². The van der Waals surface area contributed by atoms with E-state index in [4.69, 9.17) is 10.5 Å². The second-order valence-corrected chi connectivity index (χ2v) is 4.98. The fourth-order valence-corrected chi connectivity index (χ4v) is 2.40. The predicted molar refractivity (Wildman–Crippen MR) is 80.1 cm³/mol. The highest BCUT2D eigenvalue weighted by atomic mass is 16.5. The van der Waals surface area contributed by atoms with Gasteiger partial charge in [0.1, 0.15) is 0 Å². The van der Waals surface area contributed by atoms with Crippen molar-refractivity contribution in [1.82, 2.24) is 4.90 Å². The highest BCUT2D eigenvalue weighted by molar-refractivity contribution is 5.78. The summed E-state index contributed by atoms with van der Waals surface area (Å²) < 4.78 is 5.16. The van der Waals surface area contributed by atoms with E-state index in [1.807, 2.05) is 23.1 Å². The fourth-order valence-electron chi connectivity index (χ4n) is 2.40.